The minimum atomic E-state index is -1.14. The van der Waals surface area contributed by atoms with Gasteiger partial charge >= 0.3 is 42.9 Å². The molecule has 20 nitrogen and oxygen atoms in total. The number of fused-ring (bicyclic) bond motifs is 6. The number of aldehydes is 1. The number of benzene rings is 3. The Balaban J connectivity index is 0.000000182. The van der Waals surface area contributed by atoms with Crippen molar-refractivity contribution >= 4 is 275 Å². The van der Waals surface area contributed by atoms with Crippen molar-refractivity contribution in [2.45, 2.75) is 40.4 Å². The van der Waals surface area contributed by atoms with Crippen LogP contribution in [0.25, 0.3) is 93.6 Å². The summed E-state index contributed by atoms with van der Waals surface area (Å²) in [5.41, 5.74) is 7.65. The number of carboxylic acid groups (broad SMARTS) is 2. The molecule has 13 heterocycles. The predicted molar refractivity (Wildman–Crippen MR) is 527 cm³/mol. The van der Waals surface area contributed by atoms with Crippen LogP contribution in [-0.2, 0) is 38.7 Å². The first kappa shape index (κ1) is 102. The van der Waals surface area contributed by atoms with Crippen molar-refractivity contribution in [2.75, 3.05) is 95.1 Å². The Morgan fingerprint density at radius 2 is 0.905 bits per heavy atom. The number of ether oxygens (including phenoxy) is 2. The summed E-state index contributed by atoms with van der Waals surface area (Å²) in [4.78, 5) is 91.2. The molecule has 126 heavy (non-hydrogen) atoms. The molecule has 0 amide bonds. The second-order valence-corrected chi connectivity index (χ2v) is 40.0. The van der Waals surface area contributed by atoms with E-state index in [0.717, 1.165) is 90.0 Å². The van der Waals surface area contributed by atoms with Crippen LogP contribution in [0.3, 0.4) is 0 Å². The number of anilines is 3. The van der Waals surface area contributed by atoms with E-state index >= 15 is 0 Å². The zero-order valence-electron chi connectivity index (χ0n) is 69.4. The Hall–Kier alpha value is -9.29. The maximum Gasteiger partial charge on any atom is 1.00 e. The third-order valence-electron chi connectivity index (χ3n) is 17.6. The zero-order chi connectivity index (χ0) is 89.7. The van der Waals surface area contributed by atoms with Crippen LogP contribution in [-0.4, -0.2) is 152 Å². The summed E-state index contributed by atoms with van der Waals surface area (Å²) >= 11 is 20.6. The van der Waals surface area contributed by atoms with Crippen LogP contribution in [0.1, 0.15) is 114 Å². The van der Waals surface area contributed by atoms with Crippen LogP contribution in [0.5, 0.6) is 0 Å². The van der Waals surface area contributed by atoms with Gasteiger partial charge in [0.2, 0.25) is 0 Å². The van der Waals surface area contributed by atoms with Crippen LogP contribution in [0.4, 0.5) is 17.1 Å². The Bertz CT molecular complexity index is 6140. The predicted octanol–water partition coefficient (Wildman–Crippen LogP) is 18.8. The maximum atomic E-state index is 11.7. The summed E-state index contributed by atoms with van der Waals surface area (Å²) in [6.07, 6.45) is 14.1. The number of aliphatic hydroxyl groups is 6. The molecule has 0 unspecified atom stereocenters. The minimum Gasteiger partial charge on any atom is -0.544 e. The number of rotatable bonds is 28. The van der Waals surface area contributed by atoms with E-state index in [1.165, 1.54) is 106 Å². The number of carboxylic acids is 2. The average molecular weight is 1930 g/mol. The Labute approximate surface area is 792 Å². The number of thiophene rings is 13. The Kier molecular flexibility index (Phi) is 43.3. The fourth-order valence-electron chi connectivity index (χ4n) is 11.3. The van der Waals surface area contributed by atoms with Gasteiger partial charge in [-0.3, -0.25) is 4.79 Å². The molecule has 0 aliphatic rings. The van der Waals surface area contributed by atoms with Gasteiger partial charge in [0, 0.05) is 120 Å². The summed E-state index contributed by atoms with van der Waals surface area (Å²) in [6, 6.07) is 57.0. The van der Waals surface area contributed by atoms with Crippen molar-refractivity contribution in [1.82, 2.24) is 0 Å². The first-order valence-electron chi connectivity index (χ1n) is 38.3. The van der Waals surface area contributed by atoms with Crippen molar-refractivity contribution in [3.8, 4) is 19.5 Å². The van der Waals surface area contributed by atoms with Gasteiger partial charge < -0.3 is 69.8 Å². The van der Waals surface area contributed by atoms with E-state index in [4.69, 9.17) is 54.8 Å². The molecule has 13 aromatic heterocycles. The number of carbonyl (C=O) groups is 5. The number of esters is 2. The van der Waals surface area contributed by atoms with Gasteiger partial charge in [0.15, 0.2) is 6.29 Å². The van der Waals surface area contributed by atoms with Crippen LogP contribution in [0.15, 0.2) is 192 Å². The quantitative estimate of drug-likeness (QED) is 0.0136. The number of likely N-dealkylation sites (N-methyl/N-ethyl adjacent to an activating group) is 2. The fraction of sp³-hybridized carbons (Fsp3) is 0.196. The third-order valence-corrected chi connectivity index (χ3v) is 32.7. The smallest absolute Gasteiger partial charge is 0.544 e. The number of aryl methyl sites for hydroxylation is 2. The molecule has 0 spiro atoms. The molecule has 16 rings (SSSR count). The summed E-state index contributed by atoms with van der Waals surface area (Å²) in [5, 5.41) is 79.5. The summed E-state index contributed by atoms with van der Waals surface area (Å²) in [5.74, 6) is -2.48. The normalized spacial score (nSPS) is 10.7. The molecule has 0 atom stereocenters. The van der Waals surface area contributed by atoms with E-state index in [9.17, 15) is 29.1 Å². The molecule has 3 aromatic carbocycles. The van der Waals surface area contributed by atoms with Crippen molar-refractivity contribution in [3.05, 3.63) is 268 Å². The van der Waals surface area contributed by atoms with E-state index in [0.29, 0.717) is 47.4 Å². The van der Waals surface area contributed by atoms with Gasteiger partial charge in [0.05, 0.1) is 92.6 Å². The van der Waals surface area contributed by atoms with E-state index in [2.05, 4.69) is 66.4 Å². The topological polar surface area (TPSA) is 312 Å². The molecule has 7 N–H and O–H groups in total. The van der Waals surface area contributed by atoms with Gasteiger partial charge in [-0.15, -0.1) is 147 Å². The molecule has 0 aliphatic heterocycles. The summed E-state index contributed by atoms with van der Waals surface area (Å²) in [6.45, 7) is 9.45. The number of methoxy groups -OCH3 is 1. The minimum absolute atomic E-state index is 0. The van der Waals surface area contributed by atoms with Gasteiger partial charge in [-0.1, -0.05) is 73.7 Å². The van der Waals surface area contributed by atoms with E-state index in [-0.39, 0.29) is 81.5 Å². The van der Waals surface area contributed by atoms with Gasteiger partial charge in [-0.05, 0) is 204 Å². The number of aliphatic hydroxyl groups excluding tert-OH is 6. The SMILES string of the molecule is CCOC(=O)c1cc2sc3cc(CC)sc3c2s1.CN(CCO)c1ccc(/C=C/c2ccc(C(=O)[O-])s2)cc1.COC(=O)c1ccc(/C=C/c2ccc(N(C)CCO)cc2)s1.Cc1csc2c1sc1cc(C(=O)O)sc12.O=C=O.O=Cc1ccc(-c2ccc(CO)s2)s1.OCCN(CCO)c1ccc(/C=C/c2cccs2)cc1.OCc1ccc(-c2cccs2)s1.[Li+]. The van der Waals surface area contributed by atoms with Gasteiger partial charge in [0.25, 0.3) is 0 Å². The second-order valence-electron chi connectivity index (χ2n) is 26.1. The zero-order valence-corrected chi connectivity index (χ0v) is 80.0. The van der Waals surface area contributed by atoms with Gasteiger partial charge in [-0.25, -0.2) is 14.4 Å². The van der Waals surface area contributed by atoms with Crippen molar-refractivity contribution in [2.24, 2.45) is 0 Å². The Morgan fingerprint density at radius 1 is 0.437 bits per heavy atom. The average Bonchev–Trinajstić information content (AvgIpc) is 1.61. The molecular formula is C92H88LiN3O17S13. The second kappa shape index (κ2) is 53.5. The molecule has 0 bridgehead atoms. The summed E-state index contributed by atoms with van der Waals surface area (Å²) < 4.78 is 19.6. The molecular weight excluding hydrogens is 1840 g/mol. The third kappa shape index (κ3) is 30.4. The monoisotopic (exact) mass is 1930 g/mol. The number of aromatic carboxylic acids is 2. The number of carbonyl (C=O) groups excluding carboxylic acids is 6. The number of nitrogens with zero attached hydrogens (tertiary/aromatic N) is 3. The van der Waals surface area contributed by atoms with Crippen molar-refractivity contribution in [3.63, 3.8) is 0 Å². The molecule has 652 valence electrons. The van der Waals surface area contributed by atoms with Gasteiger partial charge in [0.1, 0.15) is 14.6 Å². The van der Waals surface area contributed by atoms with Gasteiger partial charge in [-0.2, -0.15) is 9.59 Å². The molecule has 0 radical (unpaired) electrons. The molecule has 0 saturated heterocycles. The molecule has 34 heteroatoms. The molecule has 0 fully saturated rings. The number of hydrogen-bond acceptors (Lipinski definition) is 32. The molecule has 0 saturated carbocycles. The van der Waals surface area contributed by atoms with E-state index in [1.54, 1.807) is 115 Å². The van der Waals surface area contributed by atoms with Crippen LogP contribution in [0, 0.1) is 6.92 Å². The Morgan fingerprint density at radius 3 is 1.38 bits per heavy atom. The number of hydrogen-bond donors (Lipinski definition) is 7. The van der Waals surface area contributed by atoms with Crippen LogP contribution >= 0.6 is 147 Å². The first-order chi connectivity index (χ1) is 60.6. The molecule has 0 aliphatic carbocycles. The van der Waals surface area contributed by atoms with E-state index in [1.807, 2.05) is 199 Å². The molecule has 16 aromatic rings. The van der Waals surface area contributed by atoms with Crippen molar-refractivity contribution in [1.29, 1.82) is 0 Å². The maximum absolute atomic E-state index is 11.7. The van der Waals surface area contributed by atoms with E-state index < -0.39 is 11.9 Å². The standard InChI is InChI=1S/C17H19NO3S.C16H17NO3S.C16H19NO2S.C13H12O2S3.C10H6O2S3.C10H8O2S2.C9H8OS2.CO2.Li/c1-18(11-12-19)14-6-3-13(4-7-14)5-8-15-9-10-16(22-15)17(20)21-2;1-17(10-11-18)13-5-2-12(3-6-13)4-7-14-8-9-15(21-14)16(19)20;18-11-9-17(10-12-19)15-6-3-14(4-7-15)5-8-16-2-1-13-20-16;1-3-7-5-8-11(16-7)12-9(17-8)6-10(18-12)13(14)15-4-2;1-4-3-13-9-7(4)14-5-2-6(10(11)12)15-8(5)9;11-5-7-1-3-9(13-7)10-4-2-8(6-12)14-10;10-6-7-3-4-9(12-7)8-2-1-5-11-8;2-1-3;/h3-10,19H,11-12H2,1-2H3;2-9,18H,10-11H2,1H3,(H,19,20);1-8,13,18-19H,9-12H2;5-6H,3-4H2,1-2H3;2-3H,1H3,(H,11,12);1-5,12H,6H2;1-5,10H,6H2;;/q;;;;;;;;+1/p-1/b8-5+;7-4+;8-5+;;;;;;. The first-order valence-corrected chi connectivity index (χ1v) is 49.1. The largest absolute Gasteiger partial charge is 1.00 e. The summed E-state index contributed by atoms with van der Waals surface area (Å²) in [7, 11) is 5.25. The van der Waals surface area contributed by atoms with Crippen LogP contribution in [0.2, 0.25) is 0 Å². The van der Waals surface area contributed by atoms with Crippen molar-refractivity contribution < 1.29 is 103 Å². The van der Waals surface area contributed by atoms with Crippen LogP contribution < -0.4 is 38.7 Å². The fourth-order valence-corrected chi connectivity index (χ4v) is 24.7.